The minimum Gasteiger partial charge on any atom is -0.392 e. The second kappa shape index (κ2) is 5.95. The van der Waals surface area contributed by atoms with Gasteiger partial charge >= 0.3 is 0 Å². The molecule has 1 heterocycles. The molecule has 1 atom stereocenters. The van der Waals surface area contributed by atoms with E-state index in [0.29, 0.717) is 0 Å². The van der Waals surface area contributed by atoms with Gasteiger partial charge in [0.25, 0.3) is 0 Å². The summed E-state index contributed by atoms with van der Waals surface area (Å²) in [7, 11) is 0. The lowest BCUT2D eigenvalue weighted by Gasteiger charge is -2.28. The van der Waals surface area contributed by atoms with Crippen LogP contribution in [-0.4, -0.2) is 35.7 Å². The Bertz CT molecular complexity index is 187. The number of nitrogens with zero attached hydrogens (tertiary/aromatic N) is 1. The molecular formula is C11H19NO. The number of aliphatic hydroxyl groups is 1. The molecule has 0 spiro atoms. The second-order valence-electron chi connectivity index (χ2n) is 3.51. The average molecular weight is 181 g/mol. The molecule has 0 saturated carbocycles. The lowest BCUT2D eigenvalue weighted by atomic mass is 10.1. The number of likely N-dealkylation sites (tertiary alicyclic amines) is 1. The van der Waals surface area contributed by atoms with E-state index in [9.17, 15) is 5.11 Å². The van der Waals surface area contributed by atoms with Crippen molar-refractivity contribution in [1.82, 2.24) is 4.90 Å². The van der Waals surface area contributed by atoms with Crippen LogP contribution in [-0.2, 0) is 0 Å². The first kappa shape index (κ1) is 10.5. The van der Waals surface area contributed by atoms with Crippen molar-refractivity contribution in [3.8, 4) is 0 Å². The van der Waals surface area contributed by atoms with Gasteiger partial charge in [-0.05, 0) is 26.3 Å². The highest BCUT2D eigenvalue weighted by Gasteiger charge is 2.15. The number of allylic oxidation sites excluding steroid dienone is 3. The van der Waals surface area contributed by atoms with E-state index in [1.807, 2.05) is 19.1 Å². The molecule has 0 radical (unpaired) electrons. The largest absolute Gasteiger partial charge is 0.392 e. The third kappa shape index (κ3) is 4.25. The van der Waals surface area contributed by atoms with Gasteiger partial charge in [0.2, 0.25) is 0 Å². The van der Waals surface area contributed by atoms with Crippen LogP contribution < -0.4 is 0 Å². The number of rotatable bonds is 3. The highest BCUT2D eigenvalue weighted by atomic mass is 16.3. The Labute approximate surface area is 80.6 Å². The molecule has 0 aromatic rings. The van der Waals surface area contributed by atoms with E-state index in [1.165, 1.54) is 0 Å². The molecule has 1 rings (SSSR count). The van der Waals surface area contributed by atoms with Crippen LogP contribution in [0.15, 0.2) is 24.3 Å². The van der Waals surface area contributed by atoms with E-state index < -0.39 is 0 Å². The first-order valence-corrected chi connectivity index (χ1v) is 5.01. The van der Waals surface area contributed by atoms with Gasteiger partial charge in [0, 0.05) is 13.1 Å². The van der Waals surface area contributed by atoms with Crippen molar-refractivity contribution in [2.24, 2.45) is 0 Å². The molecule has 1 fully saturated rings. The van der Waals surface area contributed by atoms with Crippen LogP contribution in [0.2, 0.25) is 0 Å². The Kier molecular flexibility index (Phi) is 4.79. The summed E-state index contributed by atoms with van der Waals surface area (Å²) in [5, 5.41) is 9.40. The molecule has 0 aromatic heterocycles. The summed E-state index contributed by atoms with van der Waals surface area (Å²) in [6.45, 7) is 4.92. The van der Waals surface area contributed by atoms with Crippen LogP contribution in [0.1, 0.15) is 19.8 Å². The zero-order valence-electron chi connectivity index (χ0n) is 8.32. The monoisotopic (exact) mass is 181 g/mol. The van der Waals surface area contributed by atoms with Crippen LogP contribution in [0.5, 0.6) is 0 Å². The predicted octanol–water partition coefficient (Wildman–Crippen LogP) is 1.58. The van der Waals surface area contributed by atoms with E-state index in [4.69, 9.17) is 0 Å². The number of β-amino-alcohol motifs (C(OH)–C–C–N with tert-alkyl or cyclic N) is 1. The predicted molar refractivity (Wildman–Crippen MR) is 55.6 cm³/mol. The summed E-state index contributed by atoms with van der Waals surface area (Å²) >= 11 is 0. The quantitative estimate of drug-likeness (QED) is 0.668. The molecule has 2 nitrogen and oxygen atoms in total. The van der Waals surface area contributed by atoms with Crippen molar-refractivity contribution in [2.75, 3.05) is 19.6 Å². The average Bonchev–Trinajstić information content (AvgIpc) is 2.13. The minimum absolute atomic E-state index is 0.108. The van der Waals surface area contributed by atoms with Gasteiger partial charge in [0.1, 0.15) is 0 Å². The smallest absolute Gasteiger partial charge is 0.0667 e. The summed E-state index contributed by atoms with van der Waals surface area (Å²) in [6, 6.07) is 0. The molecule has 1 N–H and O–H groups in total. The van der Waals surface area contributed by atoms with E-state index in [0.717, 1.165) is 32.5 Å². The van der Waals surface area contributed by atoms with E-state index >= 15 is 0 Å². The maximum atomic E-state index is 9.40. The van der Waals surface area contributed by atoms with E-state index in [2.05, 4.69) is 17.1 Å². The number of piperidine rings is 1. The Morgan fingerprint density at radius 2 is 2.31 bits per heavy atom. The molecule has 0 aliphatic carbocycles. The molecule has 1 unspecified atom stereocenters. The van der Waals surface area contributed by atoms with Crippen LogP contribution in [0.25, 0.3) is 0 Å². The van der Waals surface area contributed by atoms with E-state index in [1.54, 1.807) is 0 Å². The van der Waals surface area contributed by atoms with Gasteiger partial charge in [-0.2, -0.15) is 0 Å². The van der Waals surface area contributed by atoms with Gasteiger partial charge in [-0.3, -0.25) is 4.90 Å². The first-order chi connectivity index (χ1) is 6.33. The Morgan fingerprint density at radius 3 is 3.00 bits per heavy atom. The normalized spacial score (nSPS) is 26.2. The van der Waals surface area contributed by atoms with Crippen molar-refractivity contribution in [2.45, 2.75) is 25.9 Å². The molecule has 2 heteroatoms. The van der Waals surface area contributed by atoms with Crippen molar-refractivity contribution in [3.63, 3.8) is 0 Å². The zero-order valence-corrected chi connectivity index (χ0v) is 8.32. The molecule has 0 amide bonds. The van der Waals surface area contributed by atoms with Crippen LogP contribution in [0.4, 0.5) is 0 Å². The summed E-state index contributed by atoms with van der Waals surface area (Å²) in [6.07, 6.45) is 10.2. The van der Waals surface area contributed by atoms with Gasteiger partial charge in [0.15, 0.2) is 0 Å². The molecule has 74 valence electrons. The molecule has 1 aliphatic heterocycles. The Morgan fingerprint density at radius 1 is 1.46 bits per heavy atom. The molecule has 13 heavy (non-hydrogen) atoms. The summed E-state index contributed by atoms with van der Waals surface area (Å²) in [5.41, 5.74) is 0. The maximum absolute atomic E-state index is 9.40. The van der Waals surface area contributed by atoms with Crippen molar-refractivity contribution in [3.05, 3.63) is 24.3 Å². The van der Waals surface area contributed by atoms with Crippen LogP contribution in [0.3, 0.4) is 0 Å². The maximum Gasteiger partial charge on any atom is 0.0667 e. The van der Waals surface area contributed by atoms with E-state index in [-0.39, 0.29) is 6.10 Å². The standard InChI is InChI=1S/C11H19NO/c1-2-3-4-5-8-12-9-6-7-11(13)10-12/h2-5,11,13H,6-10H2,1H3/b3-2+,5-4+. The molecule has 0 bridgehead atoms. The lowest BCUT2D eigenvalue weighted by Crippen LogP contribution is -2.38. The second-order valence-corrected chi connectivity index (χ2v) is 3.51. The first-order valence-electron chi connectivity index (χ1n) is 5.01. The van der Waals surface area contributed by atoms with Gasteiger partial charge in [-0.1, -0.05) is 24.3 Å². The minimum atomic E-state index is -0.108. The summed E-state index contributed by atoms with van der Waals surface area (Å²) in [5.74, 6) is 0. The highest BCUT2D eigenvalue weighted by molar-refractivity contribution is 5.02. The Balaban J connectivity index is 2.20. The highest BCUT2D eigenvalue weighted by Crippen LogP contribution is 2.08. The van der Waals surface area contributed by atoms with Crippen LogP contribution in [0, 0.1) is 0 Å². The fraction of sp³-hybridized carbons (Fsp3) is 0.636. The summed E-state index contributed by atoms with van der Waals surface area (Å²) in [4.78, 5) is 2.29. The van der Waals surface area contributed by atoms with Gasteiger partial charge in [0.05, 0.1) is 6.10 Å². The molecule has 1 aliphatic rings. The molecule has 1 saturated heterocycles. The number of aliphatic hydroxyl groups excluding tert-OH is 1. The molecule has 0 aromatic carbocycles. The zero-order chi connectivity index (χ0) is 9.52. The van der Waals surface area contributed by atoms with Gasteiger partial charge < -0.3 is 5.11 Å². The third-order valence-electron chi connectivity index (χ3n) is 2.28. The topological polar surface area (TPSA) is 23.5 Å². The van der Waals surface area contributed by atoms with Crippen LogP contribution >= 0.6 is 0 Å². The number of hydrogen-bond acceptors (Lipinski definition) is 2. The third-order valence-corrected chi connectivity index (χ3v) is 2.28. The van der Waals surface area contributed by atoms with Crippen molar-refractivity contribution < 1.29 is 5.11 Å². The Hall–Kier alpha value is -0.600. The van der Waals surface area contributed by atoms with Crippen molar-refractivity contribution >= 4 is 0 Å². The summed E-state index contributed by atoms with van der Waals surface area (Å²) < 4.78 is 0. The van der Waals surface area contributed by atoms with Gasteiger partial charge in [-0.15, -0.1) is 0 Å². The fourth-order valence-corrected chi connectivity index (χ4v) is 1.60. The molecular weight excluding hydrogens is 162 g/mol. The fourth-order valence-electron chi connectivity index (χ4n) is 1.60. The van der Waals surface area contributed by atoms with Gasteiger partial charge in [-0.25, -0.2) is 0 Å². The van der Waals surface area contributed by atoms with Crippen molar-refractivity contribution in [1.29, 1.82) is 0 Å². The lowest BCUT2D eigenvalue weighted by molar-refractivity contribution is 0.0770. The SMILES string of the molecule is C/C=C/C=C/CN1CCCC(O)C1. The number of hydrogen-bond donors (Lipinski definition) is 1.